The second kappa shape index (κ2) is 11.6. The minimum Gasteiger partial charge on any atom is -0.368 e. The first kappa shape index (κ1) is 26.4. The Balaban J connectivity index is 1.44. The summed E-state index contributed by atoms with van der Waals surface area (Å²) in [5.41, 5.74) is 7.43. The van der Waals surface area contributed by atoms with Gasteiger partial charge in [0.2, 0.25) is 5.91 Å². The number of rotatable bonds is 11. The lowest BCUT2D eigenvalue weighted by molar-refractivity contribution is -0.118. The van der Waals surface area contributed by atoms with Crippen LogP contribution in [0.25, 0.3) is 10.2 Å². The molecule has 1 fully saturated rings. The van der Waals surface area contributed by atoms with Crippen LogP contribution in [0.1, 0.15) is 57.9 Å². The van der Waals surface area contributed by atoms with E-state index in [1.807, 2.05) is 18.2 Å². The fourth-order valence-corrected chi connectivity index (χ4v) is 6.85. The number of hydrogen-bond donors (Lipinski definition) is 4. The molecule has 0 radical (unpaired) electrons. The zero-order valence-electron chi connectivity index (χ0n) is 20.8. The quantitative estimate of drug-likeness (QED) is 0.282. The normalized spacial score (nSPS) is 16.5. The monoisotopic (exact) mass is 529 g/mol. The molecular weight excluding hydrogens is 494 g/mol. The molecule has 0 spiro atoms. The van der Waals surface area contributed by atoms with Gasteiger partial charge in [-0.3, -0.25) is 9.52 Å². The number of carbonyl (C=O) groups excluding carboxylic acids is 1. The van der Waals surface area contributed by atoms with E-state index in [1.54, 1.807) is 31.2 Å². The lowest BCUT2D eigenvalue weighted by atomic mass is 9.85. The van der Waals surface area contributed by atoms with Gasteiger partial charge in [0.1, 0.15) is 6.04 Å². The Morgan fingerprint density at radius 1 is 1.14 bits per heavy atom. The summed E-state index contributed by atoms with van der Waals surface area (Å²) in [4.78, 5) is 15.9. The van der Waals surface area contributed by atoms with Crippen molar-refractivity contribution in [3.63, 3.8) is 0 Å². The van der Waals surface area contributed by atoms with Crippen LogP contribution in [0.2, 0.25) is 0 Å². The maximum atomic E-state index is 13.2. The maximum Gasteiger partial charge on any atom is 0.261 e. The van der Waals surface area contributed by atoms with Gasteiger partial charge in [0.05, 0.1) is 20.8 Å². The topological polar surface area (TPSA) is 126 Å². The largest absolute Gasteiger partial charge is 0.368 e. The Kier molecular flexibility index (Phi) is 8.48. The smallest absolute Gasteiger partial charge is 0.261 e. The molecule has 0 aliphatic heterocycles. The first-order chi connectivity index (χ1) is 17.2. The second-order valence-corrected chi connectivity index (χ2v) is 12.4. The molecule has 1 aliphatic carbocycles. The summed E-state index contributed by atoms with van der Waals surface area (Å²) in [6.07, 6.45) is 7.80. The van der Waals surface area contributed by atoms with Crippen molar-refractivity contribution < 1.29 is 13.2 Å². The third-order valence-electron chi connectivity index (χ3n) is 6.75. The number of nitrogens with two attached hydrogens (primary N) is 1. The third-order valence-corrected chi connectivity index (χ3v) is 9.06. The molecule has 0 saturated heterocycles. The van der Waals surface area contributed by atoms with E-state index < -0.39 is 22.0 Å². The van der Waals surface area contributed by atoms with E-state index in [9.17, 15) is 13.2 Å². The summed E-state index contributed by atoms with van der Waals surface area (Å²) in [6.45, 7) is 4.45. The molecule has 2 atom stereocenters. The van der Waals surface area contributed by atoms with E-state index in [-0.39, 0.29) is 4.90 Å². The van der Waals surface area contributed by atoms with Crippen LogP contribution in [0.4, 0.5) is 10.8 Å². The molecular formula is C26H35N5O3S2. The Bertz CT molecular complexity index is 1300. The van der Waals surface area contributed by atoms with E-state index in [0.29, 0.717) is 33.6 Å². The number of sulfonamides is 1. The summed E-state index contributed by atoms with van der Waals surface area (Å²) in [5, 5.41) is 7.04. The molecule has 194 valence electrons. The molecule has 3 aromatic rings. The van der Waals surface area contributed by atoms with Crippen LogP contribution in [0.15, 0.2) is 47.4 Å². The van der Waals surface area contributed by atoms with Crippen LogP contribution in [0.5, 0.6) is 0 Å². The lowest BCUT2D eigenvalue weighted by Crippen LogP contribution is -2.32. The van der Waals surface area contributed by atoms with Crippen molar-refractivity contribution in [3.8, 4) is 0 Å². The molecule has 1 unspecified atom stereocenters. The van der Waals surface area contributed by atoms with E-state index in [1.165, 1.54) is 43.4 Å². The Hall–Kier alpha value is -2.69. The number of nitrogens with zero attached hydrogens (tertiary/aromatic N) is 1. The maximum absolute atomic E-state index is 13.2. The summed E-state index contributed by atoms with van der Waals surface area (Å²) >= 11 is 1.28. The molecule has 1 aliphatic rings. The van der Waals surface area contributed by atoms with Crippen molar-refractivity contribution in [2.45, 2.75) is 75.9 Å². The average Bonchev–Trinajstić information content (AvgIpc) is 3.25. The second-order valence-electron chi connectivity index (χ2n) is 9.70. The van der Waals surface area contributed by atoms with Gasteiger partial charge >= 0.3 is 0 Å². The van der Waals surface area contributed by atoms with Gasteiger partial charge in [-0.2, -0.15) is 0 Å². The molecule has 8 nitrogen and oxygen atoms in total. The molecule has 36 heavy (non-hydrogen) atoms. The fourth-order valence-electron chi connectivity index (χ4n) is 4.66. The zero-order valence-corrected chi connectivity index (χ0v) is 22.4. The van der Waals surface area contributed by atoms with Gasteiger partial charge in [-0.05, 0) is 56.0 Å². The van der Waals surface area contributed by atoms with E-state index in [4.69, 9.17) is 5.73 Å². The van der Waals surface area contributed by atoms with Crippen molar-refractivity contribution in [3.05, 3.63) is 48.0 Å². The van der Waals surface area contributed by atoms with Crippen molar-refractivity contribution in [1.29, 1.82) is 0 Å². The summed E-state index contributed by atoms with van der Waals surface area (Å²) in [7, 11) is -3.81. The van der Waals surface area contributed by atoms with Gasteiger partial charge in [-0.1, -0.05) is 61.6 Å². The molecule has 5 N–H and O–H groups in total. The van der Waals surface area contributed by atoms with Crippen LogP contribution >= 0.6 is 11.3 Å². The van der Waals surface area contributed by atoms with Crippen molar-refractivity contribution in [1.82, 2.24) is 10.3 Å². The zero-order chi connectivity index (χ0) is 25.7. The standard InChI is InChI=1S/C26H35N5O3S2/c1-17(14-19-8-4-3-5-9-19)28-16-20-10-6-7-11-22(20)31-36(33,34)21-12-13-23-24(15-21)35-26(30-23)29-18(2)25(27)32/h6-7,10-13,15,17-19,28,31H,3-5,8-9,14,16H2,1-2H3,(H2,27,32)(H,29,30)/t17?,18-/m0/s1. The number of nitrogens with one attached hydrogen (secondary N) is 3. The fraction of sp³-hybridized carbons (Fsp3) is 0.462. The van der Waals surface area contributed by atoms with Crippen molar-refractivity contribution in [2.24, 2.45) is 11.7 Å². The molecule has 10 heteroatoms. The number of carbonyl (C=O) groups is 1. The number of aromatic nitrogens is 1. The first-order valence-corrected chi connectivity index (χ1v) is 14.8. The van der Waals surface area contributed by atoms with Gasteiger partial charge in [-0.15, -0.1) is 0 Å². The molecule has 1 heterocycles. The van der Waals surface area contributed by atoms with Crippen LogP contribution in [-0.2, 0) is 21.4 Å². The average molecular weight is 530 g/mol. The van der Waals surface area contributed by atoms with Crippen LogP contribution < -0.4 is 21.1 Å². The summed E-state index contributed by atoms with van der Waals surface area (Å²) in [5.74, 6) is 0.296. The Labute approximate surface area is 217 Å². The van der Waals surface area contributed by atoms with Crippen molar-refractivity contribution >= 4 is 48.3 Å². The molecule has 1 amide bonds. The highest BCUT2D eigenvalue weighted by Gasteiger charge is 2.20. The number of anilines is 2. The van der Waals surface area contributed by atoms with E-state index in [2.05, 4.69) is 27.3 Å². The highest BCUT2D eigenvalue weighted by Crippen LogP contribution is 2.30. The third kappa shape index (κ3) is 6.74. The van der Waals surface area contributed by atoms with Crippen molar-refractivity contribution in [2.75, 3.05) is 10.0 Å². The minimum absolute atomic E-state index is 0.154. The summed E-state index contributed by atoms with van der Waals surface area (Å²) < 4.78 is 30.0. The van der Waals surface area contributed by atoms with Crippen LogP contribution in [0, 0.1) is 5.92 Å². The van der Waals surface area contributed by atoms with Gasteiger partial charge in [0.15, 0.2) is 5.13 Å². The number of thiazole rings is 1. The number of amides is 1. The van der Waals surface area contributed by atoms with E-state index >= 15 is 0 Å². The molecule has 1 aromatic heterocycles. The van der Waals surface area contributed by atoms with Gasteiger partial charge in [0.25, 0.3) is 10.0 Å². The highest BCUT2D eigenvalue weighted by molar-refractivity contribution is 7.92. The number of primary amides is 1. The Morgan fingerprint density at radius 2 is 1.89 bits per heavy atom. The van der Waals surface area contributed by atoms with E-state index in [0.717, 1.165) is 17.9 Å². The number of benzene rings is 2. The summed E-state index contributed by atoms with van der Waals surface area (Å²) in [6, 6.07) is 12.1. The number of para-hydroxylation sites is 1. The van der Waals surface area contributed by atoms with Crippen LogP contribution in [0.3, 0.4) is 0 Å². The van der Waals surface area contributed by atoms with Gasteiger partial charge < -0.3 is 16.4 Å². The first-order valence-electron chi connectivity index (χ1n) is 12.5. The molecule has 4 rings (SSSR count). The molecule has 2 aromatic carbocycles. The number of fused-ring (bicyclic) bond motifs is 1. The molecule has 1 saturated carbocycles. The van der Waals surface area contributed by atoms with Gasteiger partial charge in [0, 0.05) is 12.6 Å². The predicted octanol–water partition coefficient (Wildman–Crippen LogP) is 4.83. The minimum atomic E-state index is -3.81. The predicted molar refractivity (Wildman–Crippen MR) is 147 cm³/mol. The highest BCUT2D eigenvalue weighted by atomic mass is 32.2. The van der Waals surface area contributed by atoms with Crippen LogP contribution in [-0.4, -0.2) is 31.4 Å². The lowest BCUT2D eigenvalue weighted by Gasteiger charge is -2.25. The molecule has 0 bridgehead atoms. The Morgan fingerprint density at radius 3 is 2.64 bits per heavy atom. The number of hydrogen-bond acceptors (Lipinski definition) is 7. The SMILES string of the molecule is CC(CC1CCCCC1)NCc1ccccc1NS(=O)(=O)c1ccc2nc(N[C@@H](C)C(N)=O)sc2c1. The van der Waals surface area contributed by atoms with Gasteiger partial charge in [-0.25, -0.2) is 13.4 Å².